The van der Waals surface area contributed by atoms with Crippen molar-refractivity contribution in [1.29, 1.82) is 0 Å². The van der Waals surface area contributed by atoms with Gasteiger partial charge in [-0.05, 0) is 40.2 Å². The molecule has 124 valence electrons. The Labute approximate surface area is 145 Å². The maximum atomic E-state index is 13.8. The summed E-state index contributed by atoms with van der Waals surface area (Å²) in [5, 5.41) is 4.09. The molecule has 0 radical (unpaired) electrons. The zero-order chi connectivity index (χ0) is 17.3. The van der Waals surface area contributed by atoms with Gasteiger partial charge in [0.15, 0.2) is 0 Å². The number of hydrogen-bond acceptors (Lipinski definition) is 3. The third-order valence-corrected chi connectivity index (χ3v) is 4.94. The van der Waals surface area contributed by atoms with Gasteiger partial charge in [-0.25, -0.2) is 21.9 Å². The molecule has 0 aliphatic carbocycles. The Morgan fingerprint density at radius 3 is 2.54 bits per heavy atom. The van der Waals surface area contributed by atoms with Crippen LogP contribution >= 0.6 is 15.9 Å². The normalized spacial score (nSPS) is 11.5. The number of halogens is 3. The number of nitrogens with one attached hydrogen (secondary N) is 1. The van der Waals surface area contributed by atoms with Gasteiger partial charge in [-0.3, -0.25) is 4.72 Å². The molecule has 24 heavy (non-hydrogen) atoms. The summed E-state index contributed by atoms with van der Waals surface area (Å²) in [6.45, 7) is 0. The molecule has 2 aromatic carbocycles. The standard InChI is InChI=1S/C15H10BrF2N3O2S/c16-10-8-19-21(9-10)14-4-2-1-3-13(14)20-24(22,23)15-6-5-11(17)7-12(15)18/h1-9,20H. The number of para-hydroxylation sites is 2. The molecular formula is C15H10BrF2N3O2S. The van der Waals surface area contributed by atoms with Crippen LogP contribution in [0.1, 0.15) is 0 Å². The molecule has 3 rings (SSSR count). The van der Waals surface area contributed by atoms with Crippen molar-refractivity contribution in [2.24, 2.45) is 0 Å². The molecule has 0 saturated carbocycles. The molecule has 0 fully saturated rings. The van der Waals surface area contributed by atoms with Crippen molar-refractivity contribution in [3.05, 3.63) is 71.0 Å². The predicted molar refractivity (Wildman–Crippen MR) is 88.4 cm³/mol. The zero-order valence-electron chi connectivity index (χ0n) is 11.9. The van der Waals surface area contributed by atoms with Crippen molar-refractivity contribution >= 4 is 31.6 Å². The fraction of sp³-hybridized carbons (Fsp3) is 0. The van der Waals surface area contributed by atoms with Crippen molar-refractivity contribution in [3.8, 4) is 5.69 Å². The molecule has 5 nitrogen and oxygen atoms in total. The molecule has 0 spiro atoms. The number of sulfonamides is 1. The lowest BCUT2D eigenvalue weighted by atomic mass is 10.3. The van der Waals surface area contributed by atoms with E-state index in [9.17, 15) is 17.2 Å². The number of rotatable bonds is 4. The first-order valence-electron chi connectivity index (χ1n) is 6.64. The molecule has 1 heterocycles. The minimum Gasteiger partial charge on any atom is -0.277 e. The summed E-state index contributed by atoms with van der Waals surface area (Å²) in [4.78, 5) is -0.639. The molecule has 3 aromatic rings. The van der Waals surface area contributed by atoms with Crippen LogP contribution in [0.2, 0.25) is 0 Å². The average Bonchev–Trinajstić information content (AvgIpc) is 2.93. The van der Waals surface area contributed by atoms with E-state index in [1.165, 1.54) is 10.7 Å². The van der Waals surface area contributed by atoms with Crippen molar-refractivity contribution in [1.82, 2.24) is 9.78 Å². The highest BCUT2D eigenvalue weighted by Crippen LogP contribution is 2.25. The van der Waals surface area contributed by atoms with E-state index in [1.54, 1.807) is 30.6 Å². The second kappa shape index (κ2) is 6.33. The lowest BCUT2D eigenvalue weighted by molar-refractivity contribution is 0.551. The maximum absolute atomic E-state index is 13.8. The Morgan fingerprint density at radius 1 is 1.12 bits per heavy atom. The van der Waals surface area contributed by atoms with Crippen molar-refractivity contribution in [3.63, 3.8) is 0 Å². The summed E-state index contributed by atoms with van der Waals surface area (Å²) in [6, 6.07) is 8.78. The summed E-state index contributed by atoms with van der Waals surface area (Å²) in [5.74, 6) is -2.02. The topological polar surface area (TPSA) is 64.0 Å². The van der Waals surface area contributed by atoms with E-state index in [0.29, 0.717) is 16.2 Å². The predicted octanol–water partition coefficient (Wildman–Crippen LogP) is 3.71. The van der Waals surface area contributed by atoms with E-state index in [2.05, 4.69) is 25.8 Å². The quantitative estimate of drug-likeness (QED) is 0.708. The lowest BCUT2D eigenvalue weighted by Gasteiger charge is -2.13. The molecule has 0 unspecified atom stereocenters. The lowest BCUT2D eigenvalue weighted by Crippen LogP contribution is -2.16. The van der Waals surface area contributed by atoms with E-state index < -0.39 is 26.6 Å². The molecule has 1 aromatic heterocycles. The molecule has 0 bridgehead atoms. The average molecular weight is 414 g/mol. The van der Waals surface area contributed by atoms with E-state index in [1.807, 2.05) is 0 Å². The van der Waals surface area contributed by atoms with Crippen LogP contribution in [0.3, 0.4) is 0 Å². The highest BCUT2D eigenvalue weighted by Gasteiger charge is 2.21. The van der Waals surface area contributed by atoms with Gasteiger partial charge in [-0.15, -0.1) is 0 Å². The minimum absolute atomic E-state index is 0.205. The van der Waals surface area contributed by atoms with E-state index in [-0.39, 0.29) is 5.69 Å². The van der Waals surface area contributed by atoms with Crippen molar-refractivity contribution in [2.75, 3.05) is 4.72 Å². The summed E-state index contributed by atoms with van der Waals surface area (Å²) in [6.07, 6.45) is 3.19. The second-order valence-corrected chi connectivity index (χ2v) is 7.37. The maximum Gasteiger partial charge on any atom is 0.264 e. The third kappa shape index (κ3) is 3.31. The van der Waals surface area contributed by atoms with Gasteiger partial charge in [-0.1, -0.05) is 12.1 Å². The highest BCUT2D eigenvalue weighted by molar-refractivity contribution is 9.10. The summed E-state index contributed by atoms with van der Waals surface area (Å²) >= 11 is 3.26. The summed E-state index contributed by atoms with van der Waals surface area (Å²) in [7, 11) is -4.23. The summed E-state index contributed by atoms with van der Waals surface area (Å²) < 4.78 is 56.1. The van der Waals surface area contributed by atoms with Gasteiger partial charge in [0.25, 0.3) is 10.0 Å². The van der Waals surface area contributed by atoms with Crippen LogP contribution in [0.15, 0.2) is 64.2 Å². The number of nitrogens with zero attached hydrogens (tertiary/aromatic N) is 2. The molecule has 0 saturated heterocycles. The number of aromatic nitrogens is 2. The van der Waals surface area contributed by atoms with Crippen LogP contribution < -0.4 is 4.72 Å². The Bertz CT molecular complexity index is 1010. The Balaban J connectivity index is 2.02. The SMILES string of the molecule is O=S(=O)(Nc1ccccc1-n1cc(Br)cn1)c1ccc(F)cc1F. The second-order valence-electron chi connectivity index (χ2n) is 4.80. The summed E-state index contributed by atoms with van der Waals surface area (Å²) in [5.41, 5.74) is 0.658. The molecule has 0 aliphatic rings. The first-order valence-corrected chi connectivity index (χ1v) is 8.92. The van der Waals surface area contributed by atoms with Crippen molar-refractivity contribution in [2.45, 2.75) is 4.90 Å². The van der Waals surface area contributed by atoms with Gasteiger partial charge < -0.3 is 0 Å². The van der Waals surface area contributed by atoms with Gasteiger partial charge in [0.05, 0.1) is 22.0 Å². The largest absolute Gasteiger partial charge is 0.277 e. The zero-order valence-corrected chi connectivity index (χ0v) is 14.4. The fourth-order valence-electron chi connectivity index (χ4n) is 2.09. The van der Waals surface area contributed by atoms with Gasteiger partial charge in [0.2, 0.25) is 0 Å². The first kappa shape index (κ1) is 16.6. The fourth-order valence-corrected chi connectivity index (χ4v) is 3.51. The third-order valence-electron chi connectivity index (χ3n) is 3.13. The number of benzene rings is 2. The molecule has 1 N–H and O–H groups in total. The molecular weight excluding hydrogens is 404 g/mol. The Morgan fingerprint density at radius 2 is 1.88 bits per heavy atom. The Kier molecular flexibility index (Phi) is 4.37. The van der Waals surface area contributed by atoms with Crippen LogP contribution in [0.25, 0.3) is 5.69 Å². The molecule has 0 atom stereocenters. The molecule has 0 amide bonds. The van der Waals surface area contributed by atoms with Crippen LogP contribution in [0, 0.1) is 11.6 Å². The van der Waals surface area contributed by atoms with Gasteiger partial charge in [0, 0.05) is 12.3 Å². The van der Waals surface area contributed by atoms with Crippen LogP contribution in [0.5, 0.6) is 0 Å². The van der Waals surface area contributed by atoms with Crippen LogP contribution in [-0.4, -0.2) is 18.2 Å². The van der Waals surface area contributed by atoms with Crippen LogP contribution in [-0.2, 0) is 10.0 Å². The number of anilines is 1. The monoisotopic (exact) mass is 413 g/mol. The van der Waals surface area contributed by atoms with Gasteiger partial charge in [0.1, 0.15) is 16.5 Å². The highest BCUT2D eigenvalue weighted by atomic mass is 79.9. The van der Waals surface area contributed by atoms with E-state index in [4.69, 9.17) is 0 Å². The molecule has 0 aliphatic heterocycles. The van der Waals surface area contributed by atoms with Gasteiger partial charge in [-0.2, -0.15) is 5.10 Å². The van der Waals surface area contributed by atoms with E-state index >= 15 is 0 Å². The molecule has 9 heteroatoms. The smallest absolute Gasteiger partial charge is 0.264 e. The Hall–Kier alpha value is -2.26. The van der Waals surface area contributed by atoms with Crippen LogP contribution in [0.4, 0.5) is 14.5 Å². The van der Waals surface area contributed by atoms with Gasteiger partial charge >= 0.3 is 0 Å². The minimum atomic E-state index is -4.23. The first-order chi connectivity index (χ1) is 11.4. The van der Waals surface area contributed by atoms with E-state index in [0.717, 1.165) is 12.1 Å². The number of hydrogen-bond donors (Lipinski definition) is 1. The van der Waals surface area contributed by atoms with Crippen molar-refractivity contribution < 1.29 is 17.2 Å².